The summed E-state index contributed by atoms with van der Waals surface area (Å²) in [5, 5.41) is 0. The van der Waals surface area contributed by atoms with Gasteiger partial charge in [0.2, 0.25) is 0 Å². The first-order chi connectivity index (χ1) is 7.43. The fraction of sp³-hybridized carbons (Fsp3) is 0.900. The molecule has 0 atom stereocenters. The molecule has 0 aromatic heterocycles. The quantitative estimate of drug-likeness (QED) is 0.646. The van der Waals surface area contributed by atoms with Crippen molar-refractivity contribution in [2.24, 2.45) is 11.1 Å². The number of esters is 1. The average Bonchev–Trinajstić information content (AvgIpc) is 2.93. The van der Waals surface area contributed by atoms with Gasteiger partial charge in [-0.1, -0.05) is 0 Å². The topological polar surface area (TPSA) is 86.5 Å². The summed E-state index contributed by atoms with van der Waals surface area (Å²) in [6, 6.07) is 0. The third-order valence-corrected chi connectivity index (χ3v) is 4.85. The van der Waals surface area contributed by atoms with Crippen molar-refractivity contribution in [3.05, 3.63) is 0 Å². The second-order valence-corrected chi connectivity index (χ2v) is 6.67. The zero-order chi connectivity index (χ0) is 12.2. The van der Waals surface area contributed by atoms with Crippen molar-refractivity contribution in [2.45, 2.75) is 25.7 Å². The Labute approximate surface area is 96.3 Å². The summed E-state index contributed by atoms with van der Waals surface area (Å²) < 4.78 is 28.0. The van der Waals surface area contributed by atoms with Crippen LogP contribution in [0.25, 0.3) is 0 Å². The summed E-state index contributed by atoms with van der Waals surface area (Å²) in [4.78, 5) is 11.1. The lowest BCUT2D eigenvalue weighted by molar-refractivity contribution is -0.141. The predicted octanol–water partition coefficient (Wildman–Crippen LogP) is 0.0933. The number of sulfone groups is 1. The lowest BCUT2D eigenvalue weighted by Gasteiger charge is -2.13. The zero-order valence-electron chi connectivity index (χ0n) is 9.57. The number of nitrogens with two attached hydrogens (primary N) is 1. The molecule has 5 nitrogen and oxygen atoms in total. The Hall–Kier alpha value is -0.620. The third-order valence-electron chi connectivity index (χ3n) is 2.89. The second-order valence-electron chi connectivity index (χ2n) is 4.49. The average molecular weight is 249 g/mol. The molecule has 0 aromatic carbocycles. The highest BCUT2D eigenvalue weighted by molar-refractivity contribution is 7.91. The number of ether oxygens (including phenoxy) is 1. The molecule has 0 radical (unpaired) electrons. The Morgan fingerprint density at radius 2 is 2.06 bits per heavy atom. The highest BCUT2D eigenvalue weighted by Gasteiger charge is 2.47. The molecule has 6 heteroatoms. The fourth-order valence-electron chi connectivity index (χ4n) is 1.77. The Kier molecular flexibility index (Phi) is 4.32. The Morgan fingerprint density at radius 1 is 1.44 bits per heavy atom. The van der Waals surface area contributed by atoms with Crippen LogP contribution in [0.4, 0.5) is 0 Å². The van der Waals surface area contributed by atoms with Gasteiger partial charge in [0, 0.05) is 0 Å². The molecule has 0 aliphatic heterocycles. The van der Waals surface area contributed by atoms with Gasteiger partial charge in [0.1, 0.15) is 0 Å². The van der Waals surface area contributed by atoms with Gasteiger partial charge in [0.25, 0.3) is 0 Å². The maximum atomic E-state index is 11.7. The van der Waals surface area contributed by atoms with Gasteiger partial charge in [0.05, 0.1) is 25.0 Å². The van der Waals surface area contributed by atoms with Crippen molar-refractivity contribution in [3.63, 3.8) is 0 Å². The first kappa shape index (κ1) is 13.4. The van der Waals surface area contributed by atoms with E-state index in [4.69, 9.17) is 5.73 Å². The number of methoxy groups -OCH3 is 1. The van der Waals surface area contributed by atoms with E-state index < -0.39 is 9.84 Å². The van der Waals surface area contributed by atoms with Crippen LogP contribution in [0.5, 0.6) is 0 Å². The highest BCUT2D eigenvalue weighted by atomic mass is 32.2. The van der Waals surface area contributed by atoms with E-state index in [-0.39, 0.29) is 29.3 Å². The van der Waals surface area contributed by atoms with E-state index in [0.29, 0.717) is 13.0 Å². The van der Waals surface area contributed by atoms with Gasteiger partial charge >= 0.3 is 5.97 Å². The van der Waals surface area contributed by atoms with Crippen molar-refractivity contribution in [1.82, 2.24) is 0 Å². The van der Waals surface area contributed by atoms with Crippen molar-refractivity contribution in [1.29, 1.82) is 0 Å². The minimum absolute atomic E-state index is 0.0924. The summed E-state index contributed by atoms with van der Waals surface area (Å²) in [7, 11) is -1.76. The third kappa shape index (κ3) is 4.09. The first-order valence-electron chi connectivity index (χ1n) is 5.40. The molecule has 0 spiro atoms. The largest absolute Gasteiger partial charge is 0.469 e. The summed E-state index contributed by atoms with van der Waals surface area (Å²) >= 11 is 0. The van der Waals surface area contributed by atoms with Crippen LogP contribution in [0, 0.1) is 5.41 Å². The molecule has 1 aliphatic rings. The molecule has 1 saturated carbocycles. The molecule has 0 bridgehead atoms. The van der Waals surface area contributed by atoms with Crippen LogP contribution in [-0.2, 0) is 19.4 Å². The van der Waals surface area contributed by atoms with Crippen LogP contribution in [0.2, 0.25) is 0 Å². The molecule has 1 rings (SSSR count). The van der Waals surface area contributed by atoms with Crippen LogP contribution < -0.4 is 5.73 Å². The van der Waals surface area contributed by atoms with Crippen LogP contribution in [0.3, 0.4) is 0 Å². The number of carbonyl (C=O) groups excluding carboxylic acids is 1. The Balaban J connectivity index is 2.50. The first-order valence-corrected chi connectivity index (χ1v) is 7.22. The normalized spacial score (nSPS) is 18.1. The molecule has 0 amide bonds. The Bertz CT molecular complexity index is 346. The van der Waals surface area contributed by atoms with Crippen LogP contribution in [-0.4, -0.2) is 39.5 Å². The molecule has 1 aliphatic carbocycles. The Morgan fingerprint density at radius 3 is 2.50 bits per heavy atom. The smallest absolute Gasteiger partial charge is 0.306 e. The number of carbonyl (C=O) groups is 1. The van der Waals surface area contributed by atoms with Gasteiger partial charge in [-0.3, -0.25) is 4.79 Å². The maximum absolute atomic E-state index is 11.7. The van der Waals surface area contributed by atoms with Gasteiger partial charge in [-0.05, 0) is 31.2 Å². The summed E-state index contributed by atoms with van der Waals surface area (Å²) in [5.41, 5.74) is 4.93. The van der Waals surface area contributed by atoms with Crippen LogP contribution in [0.1, 0.15) is 25.7 Å². The van der Waals surface area contributed by atoms with Gasteiger partial charge in [-0.2, -0.15) is 0 Å². The number of rotatable bonds is 7. The van der Waals surface area contributed by atoms with Gasteiger partial charge in [-0.15, -0.1) is 0 Å². The van der Waals surface area contributed by atoms with E-state index in [9.17, 15) is 13.2 Å². The van der Waals surface area contributed by atoms with E-state index in [1.807, 2.05) is 0 Å². The molecule has 0 heterocycles. The fourth-order valence-corrected chi connectivity index (χ4v) is 3.84. The molecule has 0 saturated heterocycles. The second kappa shape index (κ2) is 5.14. The van der Waals surface area contributed by atoms with Gasteiger partial charge < -0.3 is 10.5 Å². The SMILES string of the molecule is COC(=O)CC1(CS(=O)(=O)CCCN)CC1. The molecular weight excluding hydrogens is 230 g/mol. The molecule has 0 aromatic rings. The predicted molar refractivity (Wildman–Crippen MR) is 60.6 cm³/mol. The standard InChI is InChI=1S/C10H19NO4S/c1-15-9(12)7-10(3-4-10)8-16(13,14)6-2-5-11/h2-8,11H2,1H3. The van der Waals surface area contributed by atoms with E-state index in [2.05, 4.69) is 4.74 Å². The maximum Gasteiger partial charge on any atom is 0.306 e. The van der Waals surface area contributed by atoms with E-state index in [0.717, 1.165) is 12.8 Å². The highest BCUT2D eigenvalue weighted by Crippen LogP contribution is 2.50. The summed E-state index contributed by atoms with van der Waals surface area (Å²) in [6.45, 7) is 0.378. The van der Waals surface area contributed by atoms with Crippen molar-refractivity contribution >= 4 is 15.8 Å². The number of hydrogen-bond acceptors (Lipinski definition) is 5. The van der Waals surface area contributed by atoms with Gasteiger partial charge in [0.15, 0.2) is 9.84 Å². The van der Waals surface area contributed by atoms with Crippen molar-refractivity contribution < 1.29 is 17.9 Å². The molecular formula is C10H19NO4S. The van der Waals surface area contributed by atoms with Gasteiger partial charge in [-0.25, -0.2) is 8.42 Å². The van der Waals surface area contributed by atoms with Crippen molar-refractivity contribution in [3.8, 4) is 0 Å². The summed E-state index contributed by atoms with van der Waals surface area (Å²) in [6.07, 6.45) is 2.29. The minimum atomic E-state index is -3.08. The molecule has 94 valence electrons. The lowest BCUT2D eigenvalue weighted by atomic mass is 10.1. The lowest BCUT2D eigenvalue weighted by Crippen LogP contribution is -2.24. The molecule has 16 heavy (non-hydrogen) atoms. The molecule has 1 fully saturated rings. The van der Waals surface area contributed by atoms with Crippen LogP contribution >= 0.6 is 0 Å². The number of hydrogen-bond donors (Lipinski definition) is 1. The van der Waals surface area contributed by atoms with E-state index >= 15 is 0 Å². The van der Waals surface area contributed by atoms with Crippen LogP contribution in [0.15, 0.2) is 0 Å². The van der Waals surface area contributed by atoms with Crippen molar-refractivity contribution in [2.75, 3.05) is 25.2 Å². The molecule has 2 N–H and O–H groups in total. The molecule has 0 unspecified atom stereocenters. The summed E-state index contributed by atoms with van der Waals surface area (Å²) in [5.74, 6) is -0.117. The van der Waals surface area contributed by atoms with E-state index in [1.165, 1.54) is 7.11 Å². The van der Waals surface area contributed by atoms with E-state index in [1.54, 1.807) is 0 Å². The zero-order valence-corrected chi connectivity index (χ0v) is 10.4. The monoisotopic (exact) mass is 249 g/mol. The minimum Gasteiger partial charge on any atom is -0.469 e.